The highest BCUT2D eigenvalue weighted by Crippen LogP contribution is 2.14. The van der Waals surface area contributed by atoms with Gasteiger partial charge in [0.1, 0.15) is 6.10 Å². The van der Waals surface area contributed by atoms with Gasteiger partial charge in [-0.25, -0.2) is 0 Å². The molecule has 0 bridgehead atoms. The van der Waals surface area contributed by atoms with Gasteiger partial charge in [0.15, 0.2) is 6.10 Å². The molecule has 0 aliphatic rings. The van der Waals surface area contributed by atoms with Crippen molar-refractivity contribution in [3.63, 3.8) is 0 Å². The number of nitrogens with zero attached hydrogens (tertiary/aromatic N) is 3. The van der Waals surface area contributed by atoms with E-state index in [1.54, 1.807) is 0 Å². The highest BCUT2D eigenvalue weighted by molar-refractivity contribution is 5.15. The molecule has 1 aromatic rings. The molecule has 0 aromatic carbocycles. The minimum absolute atomic E-state index is 0.125. The molecule has 0 aliphatic heterocycles. The summed E-state index contributed by atoms with van der Waals surface area (Å²) in [4.78, 5) is 0. The summed E-state index contributed by atoms with van der Waals surface area (Å²) in [6.45, 7) is 0. The number of nitriles is 1. The molecule has 74 valence electrons. The van der Waals surface area contributed by atoms with Crippen molar-refractivity contribution >= 4 is 0 Å². The van der Waals surface area contributed by atoms with E-state index < -0.39 is 12.2 Å². The van der Waals surface area contributed by atoms with Crippen LogP contribution in [-0.2, 0) is 0 Å². The predicted molar refractivity (Wildman–Crippen MR) is 45.2 cm³/mol. The summed E-state index contributed by atoms with van der Waals surface area (Å²) < 4.78 is 4.75. The van der Waals surface area contributed by atoms with Gasteiger partial charge in [0.2, 0.25) is 5.88 Å². The number of rotatable bonds is 3. The minimum Gasteiger partial charge on any atom is -0.480 e. The Hall–Kier alpha value is -1.71. The van der Waals surface area contributed by atoms with Crippen molar-refractivity contribution in [3.8, 4) is 11.9 Å². The molecule has 2 N–H and O–H groups in total. The molecule has 1 aromatic heterocycles. The minimum atomic E-state index is -1.50. The van der Waals surface area contributed by atoms with E-state index in [1.165, 1.54) is 25.3 Å². The maximum atomic E-state index is 9.34. The van der Waals surface area contributed by atoms with Gasteiger partial charge in [0.05, 0.1) is 18.9 Å². The monoisotopic (exact) mass is 195 g/mol. The van der Waals surface area contributed by atoms with Gasteiger partial charge in [0, 0.05) is 6.07 Å². The Kier molecular flexibility index (Phi) is 3.34. The van der Waals surface area contributed by atoms with Crippen LogP contribution in [0.4, 0.5) is 0 Å². The summed E-state index contributed by atoms with van der Waals surface area (Å²) in [5, 5.41) is 33.8. The second-order valence-electron chi connectivity index (χ2n) is 2.52. The second kappa shape index (κ2) is 4.50. The molecule has 0 amide bonds. The molecule has 0 saturated carbocycles. The number of aliphatic hydroxyl groups excluding tert-OH is 2. The molecule has 0 radical (unpaired) electrons. The van der Waals surface area contributed by atoms with Crippen LogP contribution in [0.3, 0.4) is 0 Å². The van der Waals surface area contributed by atoms with Crippen molar-refractivity contribution in [1.29, 1.82) is 5.26 Å². The Balaban J connectivity index is 2.82. The molecule has 6 heteroatoms. The van der Waals surface area contributed by atoms with E-state index in [9.17, 15) is 5.11 Å². The fourth-order valence-electron chi connectivity index (χ4n) is 0.829. The van der Waals surface area contributed by atoms with Crippen molar-refractivity contribution in [2.45, 2.75) is 12.2 Å². The zero-order valence-corrected chi connectivity index (χ0v) is 7.45. The molecule has 0 saturated heterocycles. The van der Waals surface area contributed by atoms with E-state index in [4.69, 9.17) is 15.1 Å². The Bertz CT molecular complexity index is 333. The first kappa shape index (κ1) is 10.4. The Morgan fingerprint density at radius 3 is 2.57 bits per heavy atom. The molecular formula is C8H9N3O3. The third-order valence-electron chi connectivity index (χ3n) is 1.60. The molecule has 2 atom stereocenters. The third-order valence-corrected chi connectivity index (χ3v) is 1.60. The highest BCUT2D eigenvalue weighted by atomic mass is 16.5. The maximum Gasteiger partial charge on any atom is 0.233 e. The molecular weight excluding hydrogens is 186 g/mol. The number of aliphatic hydroxyl groups is 2. The van der Waals surface area contributed by atoms with E-state index in [2.05, 4.69) is 10.2 Å². The Morgan fingerprint density at radius 2 is 2.14 bits per heavy atom. The molecule has 1 rings (SSSR count). The quantitative estimate of drug-likeness (QED) is 0.625. The smallest absolute Gasteiger partial charge is 0.233 e. The van der Waals surface area contributed by atoms with Gasteiger partial charge in [-0.1, -0.05) is 0 Å². The normalized spacial score (nSPS) is 14.1. The summed E-state index contributed by atoms with van der Waals surface area (Å²) in [6.07, 6.45) is -2.85. The average molecular weight is 195 g/mol. The number of aromatic nitrogens is 2. The molecule has 2 unspecified atom stereocenters. The summed E-state index contributed by atoms with van der Waals surface area (Å²) in [6, 6.07) is 4.41. The first-order valence-corrected chi connectivity index (χ1v) is 3.82. The van der Waals surface area contributed by atoms with Crippen molar-refractivity contribution in [2.24, 2.45) is 0 Å². The highest BCUT2D eigenvalue weighted by Gasteiger charge is 2.19. The number of ether oxygens (including phenoxy) is 1. The SMILES string of the molecule is COc1ccc(C(O)C(O)C#N)nn1. The lowest BCUT2D eigenvalue weighted by Crippen LogP contribution is -2.17. The lowest BCUT2D eigenvalue weighted by atomic mass is 10.1. The van der Waals surface area contributed by atoms with Gasteiger partial charge in [-0.3, -0.25) is 0 Å². The van der Waals surface area contributed by atoms with Gasteiger partial charge in [-0.05, 0) is 6.07 Å². The second-order valence-corrected chi connectivity index (χ2v) is 2.52. The van der Waals surface area contributed by atoms with E-state index in [1.807, 2.05) is 0 Å². The van der Waals surface area contributed by atoms with Crippen LogP contribution in [0.15, 0.2) is 12.1 Å². The zero-order valence-electron chi connectivity index (χ0n) is 7.45. The van der Waals surface area contributed by atoms with E-state index in [-0.39, 0.29) is 5.69 Å². The van der Waals surface area contributed by atoms with Crippen LogP contribution in [0, 0.1) is 11.3 Å². The summed E-state index contributed by atoms with van der Waals surface area (Å²) in [5.41, 5.74) is 0.125. The molecule has 0 spiro atoms. The number of methoxy groups -OCH3 is 1. The molecule has 6 nitrogen and oxygen atoms in total. The number of hydrogen-bond donors (Lipinski definition) is 2. The fraction of sp³-hybridized carbons (Fsp3) is 0.375. The van der Waals surface area contributed by atoms with Gasteiger partial charge < -0.3 is 14.9 Å². The topological polar surface area (TPSA) is 99.3 Å². The van der Waals surface area contributed by atoms with Crippen molar-refractivity contribution < 1.29 is 14.9 Å². The van der Waals surface area contributed by atoms with Crippen LogP contribution in [0.1, 0.15) is 11.8 Å². The van der Waals surface area contributed by atoms with Crippen LogP contribution in [0.25, 0.3) is 0 Å². The maximum absolute atomic E-state index is 9.34. The third kappa shape index (κ3) is 2.16. The zero-order chi connectivity index (χ0) is 10.6. The van der Waals surface area contributed by atoms with Crippen LogP contribution < -0.4 is 4.74 Å². The van der Waals surface area contributed by atoms with Crippen LogP contribution in [0.2, 0.25) is 0 Å². The van der Waals surface area contributed by atoms with Crippen LogP contribution in [-0.4, -0.2) is 33.6 Å². The van der Waals surface area contributed by atoms with Gasteiger partial charge in [-0.2, -0.15) is 5.26 Å². The number of hydrogen-bond acceptors (Lipinski definition) is 6. The van der Waals surface area contributed by atoms with Crippen molar-refractivity contribution in [3.05, 3.63) is 17.8 Å². The standard InChI is InChI=1S/C8H9N3O3/c1-14-7-3-2-5(10-11-7)8(13)6(12)4-9/h2-3,6,8,12-13H,1H3. The van der Waals surface area contributed by atoms with Gasteiger partial charge in [0.25, 0.3) is 0 Å². The molecule has 1 heterocycles. The summed E-state index contributed by atoms with van der Waals surface area (Å²) >= 11 is 0. The first-order chi connectivity index (χ1) is 6.69. The van der Waals surface area contributed by atoms with Crippen molar-refractivity contribution in [2.75, 3.05) is 7.11 Å². The largest absolute Gasteiger partial charge is 0.480 e. The Labute approximate surface area is 80.4 Å². The Morgan fingerprint density at radius 1 is 1.43 bits per heavy atom. The van der Waals surface area contributed by atoms with E-state index in [0.29, 0.717) is 5.88 Å². The first-order valence-electron chi connectivity index (χ1n) is 3.82. The lowest BCUT2D eigenvalue weighted by molar-refractivity contribution is 0.0491. The predicted octanol–water partition coefficient (Wildman–Crippen LogP) is -0.597. The average Bonchev–Trinajstić information content (AvgIpc) is 2.27. The van der Waals surface area contributed by atoms with Crippen LogP contribution in [0.5, 0.6) is 5.88 Å². The van der Waals surface area contributed by atoms with Crippen LogP contribution >= 0.6 is 0 Å². The lowest BCUT2D eigenvalue weighted by Gasteiger charge is -2.09. The fourth-order valence-corrected chi connectivity index (χ4v) is 0.829. The molecule has 0 fully saturated rings. The summed E-state index contributed by atoms with van der Waals surface area (Å²) in [7, 11) is 1.43. The van der Waals surface area contributed by atoms with E-state index in [0.717, 1.165) is 0 Å². The van der Waals surface area contributed by atoms with Gasteiger partial charge >= 0.3 is 0 Å². The molecule has 0 aliphatic carbocycles. The molecule has 14 heavy (non-hydrogen) atoms. The van der Waals surface area contributed by atoms with Crippen molar-refractivity contribution in [1.82, 2.24) is 10.2 Å². The summed E-state index contributed by atoms with van der Waals surface area (Å²) in [5.74, 6) is 0.299. The van der Waals surface area contributed by atoms with E-state index >= 15 is 0 Å². The van der Waals surface area contributed by atoms with Gasteiger partial charge in [-0.15, -0.1) is 10.2 Å².